The number of nitrogens with zero attached hydrogens (tertiary/aromatic N) is 1. The lowest BCUT2D eigenvalue weighted by Gasteiger charge is -2.12. The third-order valence-electron chi connectivity index (χ3n) is 3.34. The van der Waals surface area contributed by atoms with Crippen molar-refractivity contribution in [2.45, 2.75) is 25.4 Å². The smallest absolute Gasteiger partial charge is 0.422 e. The molecule has 0 saturated heterocycles. The van der Waals surface area contributed by atoms with Crippen molar-refractivity contribution < 1.29 is 22.7 Å². The van der Waals surface area contributed by atoms with Crippen molar-refractivity contribution in [1.82, 2.24) is 0 Å². The van der Waals surface area contributed by atoms with E-state index in [4.69, 9.17) is 5.26 Å². The first-order valence-corrected chi connectivity index (χ1v) is 7.07. The molecular formula is C16H15F3N2O2. The molecule has 7 heteroatoms. The number of benzene rings is 1. The number of rotatable bonds is 5. The van der Waals surface area contributed by atoms with Crippen LogP contribution in [0.3, 0.4) is 0 Å². The predicted octanol–water partition coefficient (Wildman–Crippen LogP) is 3.79. The molecule has 1 aromatic rings. The lowest BCUT2D eigenvalue weighted by Crippen LogP contribution is -2.19. The zero-order valence-corrected chi connectivity index (χ0v) is 12.2. The fourth-order valence-electron chi connectivity index (χ4n) is 2.30. The van der Waals surface area contributed by atoms with E-state index in [1.165, 1.54) is 18.2 Å². The van der Waals surface area contributed by atoms with Gasteiger partial charge >= 0.3 is 6.18 Å². The van der Waals surface area contributed by atoms with E-state index in [0.717, 1.165) is 12.8 Å². The minimum Gasteiger partial charge on any atom is -0.483 e. The maximum atomic E-state index is 12.2. The molecule has 0 unspecified atom stereocenters. The Morgan fingerprint density at radius 2 is 2.22 bits per heavy atom. The second-order valence-corrected chi connectivity index (χ2v) is 5.24. The molecule has 122 valence electrons. The third-order valence-corrected chi connectivity index (χ3v) is 3.34. The number of nitrogens with one attached hydrogen (secondary N) is 1. The molecule has 0 heterocycles. The summed E-state index contributed by atoms with van der Waals surface area (Å²) in [5.41, 5.74) is 0.292. The number of nitriles is 1. The zero-order chi connectivity index (χ0) is 16.9. The molecular weight excluding hydrogens is 309 g/mol. The topological polar surface area (TPSA) is 62.1 Å². The van der Waals surface area contributed by atoms with E-state index >= 15 is 0 Å². The Hall–Kier alpha value is -2.49. The number of hydrogen-bond donors (Lipinski definition) is 1. The number of amides is 1. The zero-order valence-electron chi connectivity index (χ0n) is 12.2. The average molecular weight is 324 g/mol. The van der Waals surface area contributed by atoms with Gasteiger partial charge < -0.3 is 10.1 Å². The molecule has 0 bridgehead atoms. The van der Waals surface area contributed by atoms with E-state index in [1.54, 1.807) is 6.07 Å². The largest absolute Gasteiger partial charge is 0.483 e. The maximum Gasteiger partial charge on any atom is 0.422 e. The Morgan fingerprint density at radius 1 is 1.43 bits per heavy atom. The summed E-state index contributed by atoms with van der Waals surface area (Å²) in [5, 5.41) is 11.6. The van der Waals surface area contributed by atoms with Crippen molar-refractivity contribution in [2.75, 3.05) is 11.9 Å². The molecule has 23 heavy (non-hydrogen) atoms. The van der Waals surface area contributed by atoms with Crippen LogP contribution in [0.4, 0.5) is 18.9 Å². The lowest BCUT2D eigenvalue weighted by atomic mass is 10.0. The van der Waals surface area contributed by atoms with E-state index in [-0.39, 0.29) is 23.1 Å². The SMILES string of the molecule is N#Cc1cc(NC(=O)C[C@@H]2C=CCC2)ccc1OCC(F)(F)F. The Morgan fingerprint density at radius 3 is 2.83 bits per heavy atom. The van der Waals surface area contributed by atoms with Gasteiger partial charge in [-0.05, 0) is 37.0 Å². The molecule has 1 amide bonds. The third kappa shape index (κ3) is 5.33. The van der Waals surface area contributed by atoms with Crippen molar-refractivity contribution >= 4 is 11.6 Å². The summed E-state index contributed by atoms with van der Waals surface area (Å²) in [6.45, 7) is -1.47. The second kappa shape index (κ2) is 7.18. The predicted molar refractivity (Wildman–Crippen MR) is 77.8 cm³/mol. The van der Waals surface area contributed by atoms with Crippen LogP contribution in [0.25, 0.3) is 0 Å². The number of carbonyl (C=O) groups excluding carboxylic acids is 1. The van der Waals surface area contributed by atoms with Crippen LogP contribution >= 0.6 is 0 Å². The monoisotopic (exact) mass is 324 g/mol. The summed E-state index contributed by atoms with van der Waals surface area (Å²) >= 11 is 0. The highest BCUT2D eigenvalue weighted by molar-refractivity contribution is 5.91. The van der Waals surface area contributed by atoms with Gasteiger partial charge in [-0.15, -0.1) is 0 Å². The minimum atomic E-state index is -4.48. The fraction of sp³-hybridized carbons (Fsp3) is 0.375. The summed E-state index contributed by atoms with van der Waals surface area (Å²) in [7, 11) is 0. The highest BCUT2D eigenvalue weighted by atomic mass is 19.4. The van der Waals surface area contributed by atoms with Gasteiger partial charge in [0.2, 0.25) is 5.91 Å². The molecule has 1 atom stereocenters. The molecule has 1 aliphatic rings. The van der Waals surface area contributed by atoms with Crippen molar-refractivity contribution in [2.24, 2.45) is 5.92 Å². The fourth-order valence-corrected chi connectivity index (χ4v) is 2.30. The minimum absolute atomic E-state index is 0.0622. The van der Waals surface area contributed by atoms with Gasteiger partial charge in [0.1, 0.15) is 11.8 Å². The van der Waals surface area contributed by atoms with Gasteiger partial charge in [-0.2, -0.15) is 18.4 Å². The van der Waals surface area contributed by atoms with Crippen LogP contribution in [0.1, 0.15) is 24.8 Å². The van der Waals surface area contributed by atoms with Crippen LogP contribution in [-0.4, -0.2) is 18.7 Å². The lowest BCUT2D eigenvalue weighted by molar-refractivity contribution is -0.153. The Kier molecular flexibility index (Phi) is 5.27. The Balaban J connectivity index is 1.99. The van der Waals surface area contributed by atoms with Crippen molar-refractivity contribution in [3.8, 4) is 11.8 Å². The number of anilines is 1. The van der Waals surface area contributed by atoms with E-state index in [0.29, 0.717) is 12.1 Å². The first kappa shape index (κ1) is 16.9. The average Bonchev–Trinajstić information content (AvgIpc) is 2.97. The van der Waals surface area contributed by atoms with Crippen LogP contribution in [0.5, 0.6) is 5.75 Å². The normalized spacial score (nSPS) is 16.9. The quantitative estimate of drug-likeness (QED) is 0.838. The first-order valence-electron chi connectivity index (χ1n) is 7.07. The van der Waals surface area contributed by atoms with Crippen LogP contribution in [-0.2, 0) is 4.79 Å². The number of halogens is 3. The molecule has 1 aliphatic carbocycles. The van der Waals surface area contributed by atoms with Gasteiger partial charge in [0.05, 0.1) is 5.56 Å². The summed E-state index contributed by atoms with van der Waals surface area (Å²) in [4.78, 5) is 11.9. The van der Waals surface area contributed by atoms with Crippen LogP contribution in [0.2, 0.25) is 0 Å². The summed E-state index contributed by atoms with van der Waals surface area (Å²) in [5.74, 6) is -0.157. The second-order valence-electron chi connectivity index (χ2n) is 5.24. The van der Waals surface area contributed by atoms with Gasteiger partial charge in [-0.25, -0.2) is 0 Å². The molecule has 0 aromatic heterocycles. The maximum absolute atomic E-state index is 12.2. The molecule has 4 nitrogen and oxygen atoms in total. The van der Waals surface area contributed by atoms with Crippen molar-refractivity contribution in [1.29, 1.82) is 5.26 Å². The number of ether oxygens (including phenoxy) is 1. The molecule has 0 spiro atoms. The number of alkyl halides is 3. The first-order chi connectivity index (χ1) is 10.9. The molecule has 0 saturated carbocycles. The standard InChI is InChI=1S/C16H15F3N2O2/c17-16(18,19)10-23-14-6-5-13(8-12(14)9-20)21-15(22)7-11-3-1-2-4-11/h1,3,5-6,8,11H,2,4,7,10H2,(H,21,22)/t11-/m1/s1. The van der Waals surface area contributed by atoms with E-state index in [1.807, 2.05) is 12.2 Å². The highest BCUT2D eigenvalue weighted by Gasteiger charge is 2.28. The van der Waals surface area contributed by atoms with Gasteiger partial charge in [-0.3, -0.25) is 4.79 Å². The highest BCUT2D eigenvalue weighted by Crippen LogP contribution is 2.26. The van der Waals surface area contributed by atoms with Crippen molar-refractivity contribution in [3.05, 3.63) is 35.9 Å². The van der Waals surface area contributed by atoms with Gasteiger partial charge in [0.15, 0.2) is 6.61 Å². The Labute approximate surface area is 131 Å². The van der Waals surface area contributed by atoms with E-state index in [9.17, 15) is 18.0 Å². The molecule has 0 radical (unpaired) electrons. The van der Waals surface area contributed by atoms with E-state index < -0.39 is 12.8 Å². The number of hydrogen-bond acceptors (Lipinski definition) is 3. The van der Waals surface area contributed by atoms with Crippen LogP contribution in [0.15, 0.2) is 30.4 Å². The van der Waals surface area contributed by atoms with Gasteiger partial charge in [0, 0.05) is 12.1 Å². The van der Waals surface area contributed by atoms with E-state index in [2.05, 4.69) is 10.1 Å². The summed E-state index contributed by atoms with van der Waals surface area (Å²) < 4.78 is 41.0. The molecule has 2 rings (SSSR count). The number of carbonyl (C=O) groups is 1. The molecule has 1 aromatic carbocycles. The molecule has 0 aliphatic heterocycles. The van der Waals surface area contributed by atoms with Crippen LogP contribution < -0.4 is 10.1 Å². The summed E-state index contributed by atoms with van der Waals surface area (Å²) in [6.07, 6.45) is 1.77. The summed E-state index contributed by atoms with van der Waals surface area (Å²) in [6, 6.07) is 5.72. The van der Waals surface area contributed by atoms with Gasteiger partial charge in [-0.1, -0.05) is 12.2 Å². The van der Waals surface area contributed by atoms with Crippen molar-refractivity contribution in [3.63, 3.8) is 0 Å². The van der Waals surface area contributed by atoms with Gasteiger partial charge in [0.25, 0.3) is 0 Å². The van der Waals surface area contributed by atoms with Crippen LogP contribution in [0, 0.1) is 17.2 Å². The Bertz CT molecular complexity index is 648. The molecule has 1 N–H and O–H groups in total. The molecule has 0 fully saturated rings. The number of allylic oxidation sites excluding steroid dienone is 2.